The third kappa shape index (κ3) is 4.08. The molecule has 0 radical (unpaired) electrons. The maximum atomic E-state index is 9.24. The lowest BCUT2D eigenvalue weighted by atomic mass is 10.0. The van der Waals surface area contributed by atoms with E-state index in [-0.39, 0.29) is 19.8 Å². The second-order valence-corrected chi connectivity index (χ2v) is 4.53. The number of hydrogen-bond donors (Lipinski definition) is 4. The quantitative estimate of drug-likeness (QED) is 0.506. The molecule has 0 aliphatic carbocycles. The summed E-state index contributed by atoms with van der Waals surface area (Å²) in [6.07, 6.45) is 0. The second-order valence-electron chi connectivity index (χ2n) is 4.53. The molecular weight excluding hydrogens is 262 g/mol. The zero-order chi connectivity index (χ0) is 15.0. The predicted octanol–water partition coefficient (Wildman–Crippen LogP) is -0.101. The molecule has 4 N–H and O–H groups in total. The van der Waals surface area contributed by atoms with Gasteiger partial charge in [0.2, 0.25) is 0 Å². The van der Waals surface area contributed by atoms with Crippen molar-refractivity contribution in [1.82, 2.24) is 5.32 Å². The number of aliphatic hydroxyl groups is 3. The van der Waals surface area contributed by atoms with Gasteiger partial charge in [0.25, 0.3) is 0 Å². The van der Waals surface area contributed by atoms with Crippen molar-refractivity contribution >= 4 is 0 Å². The van der Waals surface area contributed by atoms with E-state index in [0.29, 0.717) is 24.7 Å². The van der Waals surface area contributed by atoms with Crippen LogP contribution in [0.25, 0.3) is 0 Å². The van der Waals surface area contributed by atoms with E-state index in [1.54, 1.807) is 13.2 Å². The van der Waals surface area contributed by atoms with Crippen LogP contribution in [0.4, 0.5) is 0 Å². The number of hydrogen-bond acceptors (Lipinski definition) is 6. The molecule has 0 saturated heterocycles. The Labute approximate surface area is 119 Å². The summed E-state index contributed by atoms with van der Waals surface area (Å²) in [4.78, 5) is 0. The highest BCUT2D eigenvalue weighted by molar-refractivity contribution is 5.43. The number of benzene rings is 1. The molecule has 0 amide bonds. The first kappa shape index (κ1) is 16.7. The van der Waals surface area contributed by atoms with Crippen LogP contribution in [-0.4, -0.2) is 54.4 Å². The molecule has 0 atom stereocenters. The number of methoxy groups -OCH3 is 1. The van der Waals surface area contributed by atoms with Crippen LogP contribution in [0.15, 0.2) is 18.2 Å². The van der Waals surface area contributed by atoms with Gasteiger partial charge in [-0.1, -0.05) is 6.07 Å². The summed E-state index contributed by atoms with van der Waals surface area (Å²) in [5, 5.41) is 30.7. The van der Waals surface area contributed by atoms with Crippen molar-refractivity contribution in [2.75, 3.05) is 33.5 Å². The van der Waals surface area contributed by atoms with Crippen LogP contribution < -0.4 is 14.8 Å². The molecule has 0 spiro atoms. The molecule has 6 nitrogen and oxygen atoms in total. The van der Waals surface area contributed by atoms with E-state index in [4.69, 9.17) is 9.47 Å². The average Bonchev–Trinajstić information content (AvgIpc) is 2.50. The zero-order valence-electron chi connectivity index (χ0n) is 11.9. The van der Waals surface area contributed by atoms with Crippen molar-refractivity contribution in [3.63, 3.8) is 0 Å². The average molecular weight is 285 g/mol. The maximum absolute atomic E-state index is 9.24. The zero-order valence-corrected chi connectivity index (χ0v) is 11.9. The summed E-state index contributed by atoms with van der Waals surface area (Å²) in [6.45, 7) is 1.77. The summed E-state index contributed by atoms with van der Waals surface area (Å²) in [6, 6.07) is 5.48. The van der Waals surface area contributed by atoms with Crippen molar-refractivity contribution in [2.24, 2.45) is 0 Å². The van der Waals surface area contributed by atoms with E-state index in [2.05, 4.69) is 5.32 Å². The topological polar surface area (TPSA) is 91.2 Å². The fourth-order valence-corrected chi connectivity index (χ4v) is 1.70. The van der Waals surface area contributed by atoms with Gasteiger partial charge < -0.3 is 30.1 Å². The van der Waals surface area contributed by atoms with Crippen LogP contribution >= 0.6 is 0 Å². The van der Waals surface area contributed by atoms with Crippen LogP contribution in [0.3, 0.4) is 0 Å². The van der Waals surface area contributed by atoms with Gasteiger partial charge in [-0.15, -0.1) is 0 Å². The molecule has 0 aliphatic rings. The van der Waals surface area contributed by atoms with Crippen molar-refractivity contribution in [3.8, 4) is 11.5 Å². The van der Waals surface area contributed by atoms with Crippen LogP contribution in [0.5, 0.6) is 11.5 Å². The van der Waals surface area contributed by atoms with E-state index in [0.717, 1.165) is 5.56 Å². The summed E-state index contributed by atoms with van der Waals surface area (Å²) < 4.78 is 10.7. The van der Waals surface area contributed by atoms with E-state index < -0.39 is 5.54 Å². The second kappa shape index (κ2) is 8.06. The van der Waals surface area contributed by atoms with Gasteiger partial charge in [-0.2, -0.15) is 0 Å². The number of rotatable bonds is 9. The third-order valence-corrected chi connectivity index (χ3v) is 3.10. The molecule has 6 heteroatoms. The first-order valence-corrected chi connectivity index (χ1v) is 6.52. The molecule has 20 heavy (non-hydrogen) atoms. The standard InChI is InChI=1S/C14H23NO5/c1-3-20-12-5-4-11(6-13(12)19-2)7-15-14(8-16,9-17)10-18/h4-6,15-18H,3,7-10H2,1-2H3. The first-order chi connectivity index (χ1) is 9.64. The van der Waals surface area contributed by atoms with Gasteiger partial charge >= 0.3 is 0 Å². The highest BCUT2D eigenvalue weighted by atomic mass is 16.5. The minimum atomic E-state index is -1.09. The Kier molecular flexibility index (Phi) is 6.74. The molecule has 1 aromatic rings. The summed E-state index contributed by atoms with van der Waals surface area (Å²) in [5.41, 5.74) is -0.198. The van der Waals surface area contributed by atoms with Crippen molar-refractivity contribution in [3.05, 3.63) is 23.8 Å². The Morgan fingerprint density at radius 2 is 1.75 bits per heavy atom. The van der Waals surface area contributed by atoms with E-state index >= 15 is 0 Å². The first-order valence-electron chi connectivity index (χ1n) is 6.52. The Hall–Kier alpha value is -1.34. The lowest BCUT2D eigenvalue weighted by Crippen LogP contribution is -2.54. The van der Waals surface area contributed by atoms with E-state index in [9.17, 15) is 15.3 Å². The lowest BCUT2D eigenvalue weighted by Gasteiger charge is -2.29. The molecule has 0 heterocycles. The minimum Gasteiger partial charge on any atom is -0.493 e. The Balaban J connectivity index is 2.78. The molecular formula is C14H23NO5. The molecule has 1 aromatic carbocycles. The molecule has 0 aromatic heterocycles. The maximum Gasteiger partial charge on any atom is 0.161 e. The van der Waals surface area contributed by atoms with E-state index in [1.807, 2.05) is 19.1 Å². The van der Waals surface area contributed by atoms with Crippen LogP contribution in [0, 0.1) is 0 Å². The van der Waals surface area contributed by atoms with Gasteiger partial charge in [-0.3, -0.25) is 0 Å². The minimum absolute atomic E-state index is 0.353. The van der Waals surface area contributed by atoms with Gasteiger partial charge in [0.1, 0.15) is 0 Å². The van der Waals surface area contributed by atoms with E-state index in [1.165, 1.54) is 0 Å². The summed E-state index contributed by atoms with van der Waals surface area (Å²) in [5.74, 6) is 1.28. The fourth-order valence-electron chi connectivity index (χ4n) is 1.70. The number of nitrogens with one attached hydrogen (secondary N) is 1. The summed E-state index contributed by atoms with van der Waals surface area (Å²) in [7, 11) is 1.56. The smallest absolute Gasteiger partial charge is 0.161 e. The van der Waals surface area contributed by atoms with Gasteiger partial charge in [0, 0.05) is 6.54 Å². The van der Waals surface area contributed by atoms with Crippen LogP contribution in [0.1, 0.15) is 12.5 Å². The Morgan fingerprint density at radius 1 is 1.10 bits per heavy atom. The van der Waals surface area contributed by atoms with Crippen molar-refractivity contribution < 1.29 is 24.8 Å². The monoisotopic (exact) mass is 285 g/mol. The van der Waals surface area contributed by atoms with Gasteiger partial charge in [0.05, 0.1) is 39.1 Å². The van der Waals surface area contributed by atoms with Gasteiger partial charge in [-0.25, -0.2) is 0 Å². The SMILES string of the molecule is CCOc1ccc(CNC(CO)(CO)CO)cc1OC. The summed E-state index contributed by atoms with van der Waals surface area (Å²) >= 11 is 0. The van der Waals surface area contributed by atoms with Crippen molar-refractivity contribution in [1.29, 1.82) is 0 Å². The fraction of sp³-hybridized carbons (Fsp3) is 0.571. The Bertz CT molecular complexity index is 398. The third-order valence-electron chi connectivity index (χ3n) is 3.10. The normalized spacial score (nSPS) is 11.4. The van der Waals surface area contributed by atoms with Crippen molar-refractivity contribution in [2.45, 2.75) is 19.0 Å². The van der Waals surface area contributed by atoms with Gasteiger partial charge in [0.15, 0.2) is 11.5 Å². The number of aliphatic hydroxyl groups excluding tert-OH is 3. The molecule has 0 bridgehead atoms. The predicted molar refractivity (Wildman–Crippen MR) is 75.0 cm³/mol. The Morgan fingerprint density at radius 3 is 2.25 bits per heavy atom. The molecule has 0 aliphatic heterocycles. The lowest BCUT2D eigenvalue weighted by molar-refractivity contribution is 0.0413. The molecule has 0 saturated carbocycles. The van der Waals surface area contributed by atoms with Gasteiger partial charge in [-0.05, 0) is 24.6 Å². The van der Waals surface area contributed by atoms with Crippen LogP contribution in [0.2, 0.25) is 0 Å². The molecule has 0 unspecified atom stereocenters. The molecule has 114 valence electrons. The molecule has 1 rings (SSSR count). The highest BCUT2D eigenvalue weighted by Gasteiger charge is 2.27. The molecule has 0 fully saturated rings. The van der Waals surface area contributed by atoms with Crippen LogP contribution in [-0.2, 0) is 6.54 Å². The highest BCUT2D eigenvalue weighted by Crippen LogP contribution is 2.28. The largest absolute Gasteiger partial charge is 0.493 e. The number of ether oxygens (including phenoxy) is 2.